The van der Waals surface area contributed by atoms with Gasteiger partial charge in [0.2, 0.25) is 0 Å². The Labute approximate surface area is 180 Å². The number of rotatable bonds is 5. The van der Waals surface area contributed by atoms with Gasteiger partial charge in [-0.05, 0) is 100.0 Å². The van der Waals surface area contributed by atoms with Crippen LogP contribution in [0.3, 0.4) is 0 Å². The molecule has 5 nitrogen and oxygen atoms in total. The average molecular weight is 429 g/mol. The second-order valence-electron chi connectivity index (χ2n) is 8.70. The lowest BCUT2D eigenvalue weighted by Crippen LogP contribution is -2.29. The maximum atomic E-state index is 13.6. The molecule has 0 aromatic heterocycles. The van der Waals surface area contributed by atoms with Crippen LogP contribution in [0.4, 0.5) is 5.69 Å². The smallest absolute Gasteiger partial charge is 0.268 e. The molecule has 2 aliphatic rings. The molecule has 162 valence electrons. The van der Waals surface area contributed by atoms with E-state index in [-0.39, 0.29) is 4.90 Å². The van der Waals surface area contributed by atoms with Crippen molar-refractivity contribution < 1.29 is 13.2 Å². The summed E-state index contributed by atoms with van der Waals surface area (Å²) in [6.07, 6.45) is 5.51. The molecule has 2 aromatic rings. The molecule has 2 heterocycles. The van der Waals surface area contributed by atoms with E-state index >= 15 is 0 Å². The minimum absolute atomic E-state index is 0.245. The number of hydrogen-bond donors (Lipinski definition) is 0. The van der Waals surface area contributed by atoms with E-state index in [0.29, 0.717) is 18.2 Å². The molecule has 1 atom stereocenters. The molecular formula is C24H32N2O3S. The number of nitrogens with zero attached hydrogens (tertiary/aromatic N) is 2. The molecule has 6 heteroatoms. The quantitative estimate of drug-likeness (QED) is 0.722. The molecule has 2 aliphatic heterocycles. The molecule has 30 heavy (non-hydrogen) atoms. The average Bonchev–Trinajstić information content (AvgIpc) is 3.08. The van der Waals surface area contributed by atoms with E-state index in [1.807, 2.05) is 25.1 Å². The van der Waals surface area contributed by atoms with Crippen LogP contribution in [0.1, 0.15) is 36.0 Å². The molecule has 0 aliphatic carbocycles. The van der Waals surface area contributed by atoms with Crippen LogP contribution < -0.4 is 9.04 Å². The van der Waals surface area contributed by atoms with E-state index in [9.17, 15) is 8.42 Å². The Kier molecular flexibility index (Phi) is 6.07. The number of sulfonamides is 1. The van der Waals surface area contributed by atoms with Gasteiger partial charge in [-0.1, -0.05) is 18.2 Å². The fourth-order valence-electron chi connectivity index (χ4n) is 4.85. The Morgan fingerprint density at radius 3 is 2.73 bits per heavy atom. The van der Waals surface area contributed by atoms with Crippen LogP contribution in [0, 0.1) is 12.8 Å². The summed E-state index contributed by atoms with van der Waals surface area (Å²) in [5.74, 6) is 1.07. The van der Waals surface area contributed by atoms with Crippen LogP contribution in [0.15, 0.2) is 41.3 Å². The third-order valence-electron chi connectivity index (χ3n) is 6.55. The third-order valence-corrected chi connectivity index (χ3v) is 8.38. The number of methoxy groups -OCH3 is 1. The Bertz CT molecular complexity index is 1020. The fourth-order valence-corrected chi connectivity index (χ4v) is 6.59. The van der Waals surface area contributed by atoms with E-state index in [2.05, 4.69) is 18.0 Å². The summed E-state index contributed by atoms with van der Waals surface area (Å²) in [4.78, 5) is 2.66. The predicted molar refractivity (Wildman–Crippen MR) is 121 cm³/mol. The number of hydrogen-bond acceptors (Lipinski definition) is 4. The highest BCUT2D eigenvalue weighted by Crippen LogP contribution is 2.38. The topological polar surface area (TPSA) is 49.9 Å². The lowest BCUT2D eigenvalue weighted by Gasteiger charge is -2.22. The maximum absolute atomic E-state index is 13.6. The predicted octanol–water partition coefficient (Wildman–Crippen LogP) is 4.03. The standard InChI is InChI=1S/C24H32N2O3S/c1-18-9-10-23(29-3)24(16-18)30(27,28)26-15-12-21-20(7-4-8-22(21)26)17-19-6-5-13-25(2)14-11-19/h4,7-10,16,19H,5-6,11-15,17H2,1-3H3. The van der Waals surface area contributed by atoms with Gasteiger partial charge in [0, 0.05) is 6.54 Å². The zero-order valence-electron chi connectivity index (χ0n) is 18.2. The molecule has 0 N–H and O–H groups in total. The molecular weight excluding hydrogens is 396 g/mol. The highest BCUT2D eigenvalue weighted by Gasteiger charge is 2.34. The van der Waals surface area contributed by atoms with Crippen molar-refractivity contribution in [3.63, 3.8) is 0 Å². The van der Waals surface area contributed by atoms with Gasteiger partial charge in [0.25, 0.3) is 10.0 Å². The van der Waals surface area contributed by atoms with Crippen molar-refractivity contribution >= 4 is 15.7 Å². The third kappa shape index (κ3) is 4.08. The van der Waals surface area contributed by atoms with Gasteiger partial charge in [-0.25, -0.2) is 8.42 Å². The summed E-state index contributed by atoms with van der Waals surface area (Å²) in [5, 5.41) is 0. The molecule has 4 rings (SSSR count). The Hall–Kier alpha value is -2.05. The summed E-state index contributed by atoms with van der Waals surface area (Å²) in [7, 11) is 0.0384. The molecule has 1 fully saturated rings. The summed E-state index contributed by atoms with van der Waals surface area (Å²) in [5.41, 5.74) is 4.25. The monoisotopic (exact) mass is 428 g/mol. The minimum atomic E-state index is -3.68. The van der Waals surface area contributed by atoms with Crippen LogP contribution in [0.5, 0.6) is 5.75 Å². The van der Waals surface area contributed by atoms with Crippen LogP contribution in [-0.4, -0.2) is 47.1 Å². The van der Waals surface area contributed by atoms with Crippen molar-refractivity contribution in [3.8, 4) is 5.75 Å². The first-order chi connectivity index (χ1) is 14.4. The van der Waals surface area contributed by atoms with Gasteiger partial charge in [0.05, 0.1) is 12.8 Å². The van der Waals surface area contributed by atoms with E-state index in [4.69, 9.17) is 4.74 Å². The van der Waals surface area contributed by atoms with Crippen molar-refractivity contribution in [2.45, 2.75) is 43.9 Å². The summed E-state index contributed by atoms with van der Waals surface area (Å²) in [6, 6.07) is 11.5. The van der Waals surface area contributed by atoms with Crippen molar-refractivity contribution in [1.82, 2.24) is 4.90 Å². The van der Waals surface area contributed by atoms with Crippen molar-refractivity contribution in [3.05, 3.63) is 53.1 Å². The number of benzene rings is 2. The van der Waals surface area contributed by atoms with Gasteiger partial charge in [-0.15, -0.1) is 0 Å². The molecule has 0 amide bonds. The first kappa shape index (κ1) is 21.2. The van der Waals surface area contributed by atoms with Gasteiger partial charge in [-0.3, -0.25) is 4.31 Å². The van der Waals surface area contributed by atoms with Gasteiger partial charge >= 0.3 is 0 Å². The van der Waals surface area contributed by atoms with Crippen molar-refractivity contribution in [2.75, 3.05) is 38.1 Å². The molecule has 1 saturated heterocycles. The number of ether oxygens (including phenoxy) is 1. The van der Waals surface area contributed by atoms with Crippen molar-refractivity contribution in [1.29, 1.82) is 0 Å². The lowest BCUT2D eigenvalue weighted by atomic mass is 9.90. The molecule has 0 bridgehead atoms. The van der Waals surface area contributed by atoms with Gasteiger partial charge < -0.3 is 9.64 Å². The largest absolute Gasteiger partial charge is 0.495 e. The number of likely N-dealkylation sites (tertiary alicyclic amines) is 1. The van der Waals surface area contributed by atoms with E-state index in [1.165, 1.54) is 44.0 Å². The zero-order chi connectivity index (χ0) is 21.3. The second-order valence-corrected chi connectivity index (χ2v) is 10.5. The molecule has 0 saturated carbocycles. The van der Waals surface area contributed by atoms with E-state index in [1.54, 1.807) is 16.4 Å². The summed E-state index contributed by atoms with van der Waals surface area (Å²) in [6.45, 7) is 4.71. The van der Waals surface area contributed by atoms with Gasteiger partial charge in [-0.2, -0.15) is 0 Å². The highest BCUT2D eigenvalue weighted by molar-refractivity contribution is 7.93. The van der Waals surface area contributed by atoms with Crippen molar-refractivity contribution in [2.24, 2.45) is 5.92 Å². The first-order valence-corrected chi connectivity index (χ1v) is 12.3. The minimum Gasteiger partial charge on any atom is -0.495 e. The van der Waals surface area contributed by atoms with Crippen LogP contribution >= 0.6 is 0 Å². The SMILES string of the molecule is COc1ccc(C)cc1S(=O)(=O)N1CCc2c(CC3CCCN(C)CC3)cccc21. The Balaban J connectivity index is 1.64. The van der Waals surface area contributed by atoms with Crippen LogP contribution in [-0.2, 0) is 22.9 Å². The van der Waals surface area contributed by atoms with Gasteiger partial charge in [0.15, 0.2) is 0 Å². The zero-order valence-corrected chi connectivity index (χ0v) is 19.0. The Morgan fingerprint density at radius 2 is 1.93 bits per heavy atom. The number of aryl methyl sites for hydroxylation is 1. The second kappa shape index (κ2) is 8.60. The lowest BCUT2D eigenvalue weighted by molar-refractivity contribution is 0.341. The molecule has 1 unspecified atom stereocenters. The summed E-state index contributed by atoms with van der Waals surface area (Å²) >= 11 is 0. The normalized spacial score (nSPS) is 20.1. The van der Waals surface area contributed by atoms with E-state index in [0.717, 1.165) is 30.6 Å². The Morgan fingerprint density at radius 1 is 1.10 bits per heavy atom. The fraction of sp³-hybridized carbons (Fsp3) is 0.500. The molecule has 0 radical (unpaired) electrons. The molecule has 0 spiro atoms. The first-order valence-electron chi connectivity index (χ1n) is 10.9. The number of fused-ring (bicyclic) bond motifs is 1. The van der Waals surface area contributed by atoms with Gasteiger partial charge in [0.1, 0.15) is 10.6 Å². The van der Waals surface area contributed by atoms with Crippen LogP contribution in [0.2, 0.25) is 0 Å². The van der Waals surface area contributed by atoms with E-state index < -0.39 is 10.0 Å². The highest BCUT2D eigenvalue weighted by atomic mass is 32.2. The number of anilines is 1. The van der Waals surface area contributed by atoms with Crippen LogP contribution in [0.25, 0.3) is 0 Å². The molecule has 2 aromatic carbocycles. The maximum Gasteiger partial charge on any atom is 0.268 e. The summed E-state index contributed by atoms with van der Waals surface area (Å²) < 4.78 is 34.0.